The number of rotatable bonds is 3. The third-order valence-corrected chi connectivity index (χ3v) is 4.76. The quantitative estimate of drug-likeness (QED) is 0.743. The van der Waals surface area contributed by atoms with Gasteiger partial charge in [-0.15, -0.1) is 0 Å². The van der Waals surface area contributed by atoms with E-state index in [9.17, 15) is 22.8 Å². The normalized spacial score (nSPS) is 19.7. The molecule has 3 heterocycles. The molecule has 1 aromatic heterocycles. The summed E-state index contributed by atoms with van der Waals surface area (Å²) in [6.45, 7) is 6.28. The first kappa shape index (κ1) is 22.1. The second-order valence-corrected chi connectivity index (χ2v) is 8.43. The Balaban J connectivity index is 1.57. The molecular formula is C19H26F3N5O3. The molecule has 1 N–H and O–H groups in total. The van der Waals surface area contributed by atoms with Crippen LogP contribution in [0.25, 0.3) is 0 Å². The van der Waals surface area contributed by atoms with Crippen LogP contribution >= 0.6 is 0 Å². The molecule has 2 fully saturated rings. The molecule has 2 aliphatic heterocycles. The summed E-state index contributed by atoms with van der Waals surface area (Å²) < 4.78 is 46.3. The van der Waals surface area contributed by atoms with Crippen LogP contribution in [0.5, 0.6) is 0 Å². The van der Waals surface area contributed by atoms with E-state index in [1.165, 1.54) is 12.1 Å². The largest absolute Gasteiger partial charge is 0.444 e. The first-order valence-electron chi connectivity index (χ1n) is 9.77. The fraction of sp³-hybridized carbons (Fsp3) is 0.632. The fourth-order valence-electron chi connectivity index (χ4n) is 3.28. The van der Waals surface area contributed by atoms with Gasteiger partial charge in [0.1, 0.15) is 11.3 Å². The molecule has 0 unspecified atom stereocenters. The Morgan fingerprint density at radius 1 is 1.13 bits per heavy atom. The monoisotopic (exact) mass is 429 g/mol. The molecule has 8 nitrogen and oxygen atoms in total. The topological polar surface area (TPSA) is 78.0 Å². The van der Waals surface area contributed by atoms with Gasteiger partial charge in [-0.3, -0.25) is 10.2 Å². The number of ether oxygens (including phenoxy) is 1. The number of hydrogen-bond acceptors (Lipinski definition) is 6. The van der Waals surface area contributed by atoms with Gasteiger partial charge in [-0.1, -0.05) is 0 Å². The van der Waals surface area contributed by atoms with Crippen LogP contribution in [0.1, 0.15) is 37.7 Å². The third kappa shape index (κ3) is 5.53. The summed E-state index contributed by atoms with van der Waals surface area (Å²) >= 11 is 0. The number of piperazine rings is 1. The minimum Gasteiger partial charge on any atom is -0.444 e. The number of aromatic nitrogens is 1. The van der Waals surface area contributed by atoms with Crippen LogP contribution in [-0.2, 0) is 4.74 Å². The van der Waals surface area contributed by atoms with Gasteiger partial charge in [0.25, 0.3) is 11.8 Å². The summed E-state index contributed by atoms with van der Waals surface area (Å²) in [5, 5.41) is 1.10. The van der Waals surface area contributed by atoms with E-state index in [4.69, 9.17) is 4.74 Å². The molecule has 30 heavy (non-hydrogen) atoms. The highest BCUT2D eigenvalue weighted by Crippen LogP contribution is 2.26. The zero-order chi connectivity index (χ0) is 22.1. The number of carbonyl (C=O) groups excluding carboxylic acids is 2. The van der Waals surface area contributed by atoms with Gasteiger partial charge in [0.2, 0.25) is 5.95 Å². The average Bonchev–Trinajstić information content (AvgIpc) is 2.98. The molecule has 166 valence electrons. The molecule has 2 saturated heterocycles. The Labute approximate surface area is 172 Å². The molecule has 3 rings (SSSR count). The minimum absolute atomic E-state index is 0.0151. The number of hydrazine groups is 1. The molecule has 0 bridgehead atoms. The minimum atomic E-state index is -2.85. The number of carbonyl (C=O) groups is 2. The highest BCUT2D eigenvalue weighted by atomic mass is 19.3. The molecule has 0 spiro atoms. The number of halogens is 3. The van der Waals surface area contributed by atoms with Crippen LogP contribution < -0.4 is 10.3 Å². The molecule has 0 saturated carbocycles. The second-order valence-electron chi connectivity index (χ2n) is 8.43. The number of nitrogens with zero attached hydrogens (tertiary/aromatic N) is 4. The van der Waals surface area contributed by atoms with E-state index in [-0.39, 0.29) is 24.3 Å². The number of hydrogen-bond donors (Lipinski definition) is 1. The van der Waals surface area contributed by atoms with Crippen LogP contribution in [0.4, 0.5) is 23.7 Å². The van der Waals surface area contributed by atoms with E-state index in [0.29, 0.717) is 26.2 Å². The van der Waals surface area contributed by atoms with E-state index in [1.807, 2.05) is 0 Å². The van der Waals surface area contributed by atoms with Gasteiger partial charge in [0.15, 0.2) is 0 Å². The van der Waals surface area contributed by atoms with Crippen molar-refractivity contribution >= 4 is 17.7 Å². The maximum Gasteiger partial charge on any atom is 0.410 e. The lowest BCUT2D eigenvalue weighted by Gasteiger charge is -2.36. The smallest absolute Gasteiger partial charge is 0.410 e. The first-order chi connectivity index (χ1) is 13.9. The van der Waals surface area contributed by atoms with Gasteiger partial charge >= 0.3 is 6.09 Å². The zero-order valence-corrected chi connectivity index (χ0v) is 17.3. The van der Waals surface area contributed by atoms with Crippen molar-refractivity contribution in [2.24, 2.45) is 0 Å². The van der Waals surface area contributed by atoms with Gasteiger partial charge in [-0.05, 0) is 32.9 Å². The van der Waals surface area contributed by atoms with Crippen molar-refractivity contribution in [1.82, 2.24) is 20.3 Å². The number of amides is 2. The van der Waals surface area contributed by atoms with Gasteiger partial charge in [-0.25, -0.2) is 23.6 Å². The summed E-state index contributed by atoms with van der Waals surface area (Å²) in [7, 11) is 0. The molecule has 0 aliphatic carbocycles. The van der Waals surface area contributed by atoms with E-state index in [2.05, 4.69) is 10.4 Å². The molecule has 0 radical (unpaired) electrons. The third-order valence-electron chi connectivity index (χ3n) is 4.76. The van der Waals surface area contributed by atoms with E-state index in [1.54, 1.807) is 30.6 Å². The summed E-state index contributed by atoms with van der Waals surface area (Å²) in [4.78, 5) is 31.3. The van der Waals surface area contributed by atoms with Crippen molar-refractivity contribution in [2.75, 3.05) is 44.2 Å². The predicted molar refractivity (Wildman–Crippen MR) is 103 cm³/mol. The number of anilines is 1. The van der Waals surface area contributed by atoms with Crippen molar-refractivity contribution in [1.29, 1.82) is 0 Å². The maximum absolute atomic E-state index is 14.5. The molecule has 0 atom stereocenters. The van der Waals surface area contributed by atoms with Crippen LogP contribution in [0.2, 0.25) is 0 Å². The summed E-state index contributed by atoms with van der Waals surface area (Å²) in [6.07, 6.45) is -0.760. The number of pyridine rings is 1. The van der Waals surface area contributed by atoms with Gasteiger partial charge in [-0.2, -0.15) is 4.39 Å². The van der Waals surface area contributed by atoms with Crippen molar-refractivity contribution in [3.63, 3.8) is 0 Å². The van der Waals surface area contributed by atoms with Crippen LogP contribution in [-0.4, -0.2) is 77.7 Å². The van der Waals surface area contributed by atoms with E-state index < -0.39 is 36.0 Å². The number of alkyl halides is 2. The van der Waals surface area contributed by atoms with Gasteiger partial charge in [0.05, 0.1) is 12.2 Å². The lowest BCUT2D eigenvalue weighted by Crippen LogP contribution is -2.50. The highest BCUT2D eigenvalue weighted by molar-refractivity contribution is 5.92. The van der Waals surface area contributed by atoms with E-state index in [0.717, 1.165) is 5.01 Å². The van der Waals surface area contributed by atoms with Gasteiger partial charge < -0.3 is 14.5 Å². The Morgan fingerprint density at radius 2 is 1.80 bits per heavy atom. The maximum atomic E-state index is 14.5. The SMILES string of the molecule is CC(C)(C)OC(=O)N1CCN(c2ccc(C(=O)NN3CCC(F)(F)C3)nc2F)CC1. The standard InChI is InChI=1S/C19H26F3N5O3/c1-18(2,3)30-17(29)26-10-8-25(9-11-26)14-5-4-13(23-15(14)20)16(28)24-27-7-6-19(21,22)12-27/h4-5H,6-12H2,1-3H3,(H,24,28). The molecular weight excluding hydrogens is 403 g/mol. The number of nitrogens with one attached hydrogen (secondary N) is 1. The lowest BCUT2D eigenvalue weighted by atomic mass is 10.2. The average molecular weight is 429 g/mol. The zero-order valence-electron chi connectivity index (χ0n) is 17.3. The second kappa shape index (κ2) is 8.29. The molecule has 2 amide bonds. The highest BCUT2D eigenvalue weighted by Gasteiger charge is 2.39. The van der Waals surface area contributed by atoms with Crippen LogP contribution in [0.15, 0.2) is 12.1 Å². The Kier molecular flexibility index (Phi) is 6.11. The predicted octanol–water partition coefficient (Wildman–Crippen LogP) is 2.26. The first-order valence-corrected chi connectivity index (χ1v) is 9.77. The van der Waals surface area contributed by atoms with Gasteiger partial charge in [0, 0.05) is 39.1 Å². The Hall–Kier alpha value is -2.56. The van der Waals surface area contributed by atoms with Crippen molar-refractivity contribution in [3.05, 3.63) is 23.8 Å². The Morgan fingerprint density at radius 3 is 2.33 bits per heavy atom. The van der Waals surface area contributed by atoms with Crippen LogP contribution in [0.3, 0.4) is 0 Å². The molecule has 11 heteroatoms. The Bertz CT molecular complexity index is 807. The molecule has 1 aromatic rings. The van der Waals surface area contributed by atoms with E-state index >= 15 is 0 Å². The summed E-state index contributed by atoms with van der Waals surface area (Å²) in [5.74, 6) is -4.43. The fourth-order valence-corrected chi connectivity index (χ4v) is 3.28. The van der Waals surface area contributed by atoms with Crippen molar-refractivity contribution in [2.45, 2.75) is 38.7 Å². The summed E-state index contributed by atoms with van der Waals surface area (Å²) in [5.41, 5.74) is 1.75. The van der Waals surface area contributed by atoms with Crippen molar-refractivity contribution < 1.29 is 27.5 Å². The molecule has 0 aromatic carbocycles. The molecule has 2 aliphatic rings. The lowest BCUT2D eigenvalue weighted by molar-refractivity contribution is 0.00691. The van der Waals surface area contributed by atoms with Crippen molar-refractivity contribution in [3.8, 4) is 0 Å². The summed E-state index contributed by atoms with van der Waals surface area (Å²) in [6, 6.07) is 2.78. The van der Waals surface area contributed by atoms with Crippen LogP contribution in [0, 0.1) is 5.95 Å².